The number of nitrogens with zero attached hydrogens (tertiary/aromatic N) is 1. The van der Waals surface area contributed by atoms with Crippen molar-refractivity contribution < 1.29 is 13.9 Å². The Kier molecular flexibility index (Phi) is 6.53. The number of nitrogens with one attached hydrogen (secondary N) is 3. The van der Waals surface area contributed by atoms with E-state index in [1.165, 1.54) is 18.9 Å². The molecule has 1 aromatic carbocycles. The van der Waals surface area contributed by atoms with Crippen LogP contribution in [0.1, 0.15) is 44.2 Å². The van der Waals surface area contributed by atoms with Crippen LogP contribution in [-0.4, -0.2) is 38.6 Å². The molecule has 0 radical (unpaired) electrons. The Morgan fingerprint density at radius 2 is 2.00 bits per heavy atom. The Bertz CT molecular complexity index is 687. The average Bonchev–Trinajstić information content (AvgIpc) is 3.56. The maximum Gasteiger partial charge on any atom is 0.223 e. The van der Waals surface area contributed by atoms with Crippen molar-refractivity contribution in [3.63, 3.8) is 0 Å². The zero-order valence-corrected chi connectivity index (χ0v) is 16.1. The highest BCUT2D eigenvalue weighted by Gasteiger charge is 2.29. The summed E-state index contributed by atoms with van der Waals surface area (Å²) in [6.45, 7) is 3.67. The molecule has 2 fully saturated rings. The minimum absolute atomic E-state index is 0.121. The van der Waals surface area contributed by atoms with Crippen molar-refractivity contribution in [2.75, 3.05) is 26.7 Å². The number of ether oxygens (including phenoxy) is 1. The van der Waals surface area contributed by atoms with Gasteiger partial charge in [0.15, 0.2) is 17.5 Å². The van der Waals surface area contributed by atoms with Gasteiger partial charge in [0.05, 0.1) is 12.6 Å². The highest BCUT2D eigenvalue weighted by molar-refractivity contribution is 5.81. The van der Waals surface area contributed by atoms with Crippen molar-refractivity contribution in [1.82, 2.24) is 16.0 Å². The van der Waals surface area contributed by atoms with Gasteiger partial charge in [-0.2, -0.15) is 0 Å². The maximum absolute atomic E-state index is 14.3. The van der Waals surface area contributed by atoms with E-state index >= 15 is 0 Å². The first-order valence-corrected chi connectivity index (χ1v) is 9.74. The van der Waals surface area contributed by atoms with Crippen molar-refractivity contribution in [3.05, 3.63) is 29.6 Å². The summed E-state index contributed by atoms with van der Waals surface area (Å²) >= 11 is 0. The zero-order chi connectivity index (χ0) is 19.2. The summed E-state index contributed by atoms with van der Waals surface area (Å²) in [6, 6.07) is 4.94. The third-order valence-corrected chi connectivity index (χ3v) is 4.87. The lowest BCUT2D eigenvalue weighted by atomic mass is 10.1. The molecule has 2 saturated carbocycles. The van der Waals surface area contributed by atoms with Crippen molar-refractivity contribution in [2.45, 2.75) is 38.6 Å². The molecule has 2 aliphatic carbocycles. The quantitative estimate of drug-likeness (QED) is 0.351. The lowest BCUT2D eigenvalue weighted by Gasteiger charge is -2.19. The molecular formula is C20H29FN4O2. The molecule has 2 aliphatic rings. The molecule has 1 amide bonds. The number of halogens is 1. The summed E-state index contributed by atoms with van der Waals surface area (Å²) in [5.74, 6) is 1.52. The zero-order valence-electron chi connectivity index (χ0n) is 16.1. The fraction of sp³-hybridized carbons (Fsp3) is 0.600. The molecule has 6 nitrogen and oxygen atoms in total. The van der Waals surface area contributed by atoms with E-state index in [1.54, 1.807) is 13.1 Å². The molecule has 1 aromatic rings. The van der Waals surface area contributed by atoms with E-state index in [0.717, 1.165) is 18.4 Å². The van der Waals surface area contributed by atoms with Crippen molar-refractivity contribution in [1.29, 1.82) is 0 Å². The number of aliphatic imine (C=N–C) groups is 1. The Balaban J connectivity index is 1.43. The van der Waals surface area contributed by atoms with Crippen LogP contribution in [0.5, 0.6) is 5.75 Å². The molecule has 1 unspecified atom stereocenters. The van der Waals surface area contributed by atoms with Crippen LogP contribution in [-0.2, 0) is 4.79 Å². The fourth-order valence-corrected chi connectivity index (χ4v) is 2.74. The largest absolute Gasteiger partial charge is 0.490 e. The van der Waals surface area contributed by atoms with Crippen molar-refractivity contribution in [3.8, 4) is 5.75 Å². The highest BCUT2D eigenvalue weighted by atomic mass is 19.1. The smallest absolute Gasteiger partial charge is 0.223 e. The molecule has 0 heterocycles. The van der Waals surface area contributed by atoms with Crippen LogP contribution in [0, 0.1) is 17.7 Å². The number of guanidine groups is 1. The number of amides is 1. The second kappa shape index (κ2) is 9.06. The summed E-state index contributed by atoms with van der Waals surface area (Å²) in [5.41, 5.74) is 0.816. The second-order valence-corrected chi connectivity index (χ2v) is 7.37. The summed E-state index contributed by atoms with van der Waals surface area (Å²) < 4.78 is 19.8. The summed E-state index contributed by atoms with van der Waals surface area (Å²) in [6.07, 6.45) is 4.36. The van der Waals surface area contributed by atoms with Crippen LogP contribution in [0.3, 0.4) is 0 Å². The Morgan fingerprint density at radius 3 is 2.63 bits per heavy atom. The van der Waals surface area contributed by atoms with E-state index in [1.807, 2.05) is 13.0 Å². The first-order chi connectivity index (χ1) is 13.1. The number of carbonyl (C=O) groups excluding carboxylic acids is 1. The Morgan fingerprint density at radius 1 is 1.26 bits per heavy atom. The normalized spacial score (nSPS) is 18.0. The minimum Gasteiger partial charge on any atom is -0.490 e. The predicted octanol–water partition coefficient (Wildman–Crippen LogP) is 2.37. The monoisotopic (exact) mass is 376 g/mol. The van der Waals surface area contributed by atoms with Crippen LogP contribution in [0.15, 0.2) is 23.2 Å². The lowest BCUT2D eigenvalue weighted by Crippen LogP contribution is -2.42. The van der Waals surface area contributed by atoms with Crippen LogP contribution in [0.2, 0.25) is 0 Å². The molecule has 0 bridgehead atoms. The first-order valence-electron chi connectivity index (χ1n) is 9.74. The maximum atomic E-state index is 14.3. The SMILES string of the molecule is CN=C(NCCNC(=O)C1CC1)NC(C)c1ccc(OCC2CC2)c(F)c1. The van der Waals surface area contributed by atoms with Crippen molar-refractivity contribution >= 4 is 11.9 Å². The topological polar surface area (TPSA) is 74.8 Å². The van der Waals surface area contributed by atoms with E-state index in [4.69, 9.17) is 4.74 Å². The van der Waals surface area contributed by atoms with Gasteiger partial charge in [-0.05, 0) is 56.2 Å². The van der Waals surface area contributed by atoms with Gasteiger partial charge in [0.2, 0.25) is 5.91 Å². The molecule has 0 aromatic heterocycles. The molecule has 148 valence electrons. The summed E-state index contributed by atoms with van der Waals surface area (Å²) in [5, 5.41) is 9.29. The number of hydrogen-bond acceptors (Lipinski definition) is 3. The first kappa shape index (κ1) is 19.5. The third-order valence-electron chi connectivity index (χ3n) is 4.87. The van der Waals surface area contributed by atoms with Crippen LogP contribution in [0.25, 0.3) is 0 Å². The van der Waals surface area contributed by atoms with E-state index in [0.29, 0.717) is 37.3 Å². The van der Waals surface area contributed by atoms with Gasteiger partial charge < -0.3 is 20.7 Å². The van der Waals surface area contributed by atoms with Crippen LogP contribution < -0.4 is 20.7 Å². The van der Waals surface area contributed by atoms with E-state index in [-0.39, 0.29) is 23.7 Å². The predicted molar refractivity (Wildman–Crippen MR) is 103 cm³/mol. The Labute approximate surface area is 160 Å². The van der Waals surface area contributed by atoms with Gasteiger partial charge in [-0.15, -0.1) is 0 Å². The number of carbonyl (C=O) groups is 1. The second-order valence-electron chi connectivity index (χ2n) is 7.37. The third kappa shape index (κ3) is 6.12. The number of hydrogen-bond donors (Lipinski definition) is 3. The van der Waals surface area contributed by atoms with Gasteiger partial charge in [0.25, 0.3) is 0 Å². The van der Waals surface area contributed by atoms with Gasteiger partial charge in [-0.25, -0.2) is 4.39 Å². The molecule has 0 saturated heterocycles. The number of rotatable bonds is 9. The van der Waals surface area contributed by atoms with Gasteiger partial charge >= 0.3 is 0 Å². The highest BCUT2D eigenvalue weighted by Crippen LogP contribution is 2.30. The molecule has 3 rings (SSSR count). The molecular weight excluding hydrogens is 347 g/mol. The van der Waals surface area contributed by atoms with Crippen molar-refractivity contribution in [2.24, 2.45) is 16.8 Å². The summed E-state index contributed by atoms with van der Waals surface area (Å²) in [4.78, 5) is 15.8. The number of benzene rings is 1. The lowest BCUT2D eigenvalue weighted by molar-refractivity contribution is -0.122. The fourth-order valence-electron chi connectivity index (χ4n) is 2.74. The molecule has 1 atom stereocenters. The Hall–Kier alpha value is -2.31. The van der Waals surface area contributed by atoms with Gasteiger partial charge in [0, 0.05) is 26.1 Å². The van der Waals surface area contributed by atoms with E-state index in [2.05, 4.69) is 20.9 Å². The van der Waals surface area contributed by atoms with Gasteiger partial charge in [-0.1, -0.05) is 6.07 Å². The van der Waals surface area contributed by atoms with Gasteiger partial charge in [0.1, 0.15) is 0 Å². The van der Waals surface area contributed by atoms with Crippen LogP contribution in [0.4, 0.5) is 4.39 Å². The molecule has 7 heteroatoms. The van der Waals surface area contributed by atoms with Crippen LogP contribution >= 0.6 is 0 Å². The van der Waals surface area contributed by atoms with Gasteiger partial charge in [-0.3, -0.25) is 9.79 Å². The molecule has 0 aliphatic heterocycles. The molecule has 3 N–H and O–H groups in total. The van der Waals surface area contributed by atoms with E-state index < -0.39 is 0 Å². The average molecular weight is 376 g/mol. The summed E-state index contributed by atoms with van der Waals surface area (Å²) in [7, 11) is 1.68. The minimum atomic E-state index is -0.340. The molecule has 0 spiro atoms. The molecule has 27 heavy (non-hydrogen) atoms. The standard InChI is InChI=1S/C20H29FN4O2/c1-13(16-7-8-18(17(21)11-16)27-12-14-3-4-14)25-20(22-2)24-10-9-23-19(26)15-5-6-15/h7-8,11,13-15H,3-6,9-10,12H2,1-2H3,(H,23,26)(H2,22,24,25). The van der Waals surface area contributed by atoms with E-state index in [9.17, 15) is 9.18 Å².